The van der Waals surface area contributed by atoms with Gasteiger partial charge in [0.05, 0.1) is 5.39 Å². The Hall–Kier alpha value is -2.05. The highest BCUT2D eigenvalue weighted by Gasteiger charge is 2.22. The predicted molar refractivity (Wildman–Crippen MR) is 98.8 cm³/mol. The van der Waals surface area contributed by atoms with Gasteiger partial charge in [-0.25, -0.2) is 4.57 Å². The summed E-state index contributed by atoms with van der Waals surface area (Å²) < 4.78 is 1.26. The summed E-state index contributed by atoms with van der Waals surface area (Å²) in [5, 5.41) is 0.642. The summed E-state index contributed by atoms with van der Waals surface area (Å²) in [6, 6.07) is 7.17. The van der Waals surface area contributed by atoms with Crippen molar-refractivity contribution in [3.63, 3.8) is 0 Å². The van der Waals surface area contributed by atoms with E-state index in [4.69, 9.17) is 12.2 Å². The zero-order chi connectivity index (χ0) is 16.8. The van der Waals surface area contributed by atoms with Crippen LogP contribution in [0.2, 0.25) is 0 Å². The molecule has 0 bridgehead atoms. The van der Waals surface area contributed by atoms with Gasteiger partial charge >= 0.3 is 0 Å². The fourth-order valence-electron chi connectivity index (χ4n) is 3.25. The van der Waals surface area contributed by atoms with Crippen LogP contribution in [0.4, 0.5) is 0 Å². The lowest BCUT2D eigenvalue weighted by Crippen LogP contribution is -2.29. The Morgan fingerprint density at radius 2 is 1.92 bits per heavy atom. The second-order valence-corrected chi connectivity index (χ2v) is 7.65. The number of rotatable bonds is 1. The average molecular weight is 356 g/mol. The van der Waals surface area contributed by atoms with Gasteiger partial charge in [0.1, 0.15) is 4.83 Å². The molecule has 1 N–H and O–H groups in total. The summed E-state index contributed by atoms with van der Waals surface area (Å²) >= 11 is 6.90. The van der Waals surface area contributed by atoms with E-state index in [1.165, 1.54) is 4.88 Å². The Morgan fingerprint density at radius 1 is 1.21 bits per heavy atom. The molecule has 122 valence electrons. The van der Waals surface area contributed by atoms with Crippen LogP contribution in [-0.2, 0) is 12.8 Å². The van der Waals surface area contributed by atoms with E-state index in [2.05, 4.69) is 4.98 Å². The Bertz CT molecular complexity index is 1070. The molecule has 24 heavy (non-hydrogen) atoms. The van der Waals surface area contributed by atoms with Crippen LogP contribution in [0, 0.1) is 11.7 Å². The summed E-state index contributed by atoms with van der Waals surface area (Å²) in [6.45, 7) is 1.95. The van der Waals surface area contributed by atoms with Gasteiger partial charge < -0.3 is 4.98 Å². The van der Waals surface area contributed by atoms with Crippen LogP contribution in [-0.4, -0.2) is 15.5 Å². The first-order valence-corrected chi connectivity index (χ1v) is 9.19. The van der Waals surface area contributed by atoms with E-state index in [1.807, 2.05) is 19.1 Å². The van der Waals surface area contributed by atoms with Crippen LogP contribution in [0.3, 0.4) is 0 Å². The van der Waals surface area contributed by atoms with Crippen LogP contribution in [0.1, 0.15) is 39.2 Å². The Balaban J connectivity index is 1.95. The highest BCUT2D eigenvalue weighted by atomic mass is 32.1. The van der Waals surface area contributed by atoms with Gasteiger partial charge in [-0.15, -0.1) is 11.3 Å². The number of fused-ring (bicyclic) bond motifs is 3. The fraction of sp³-hybridized carbons (Fsp3) is 0.278. The van der Waals surface area contributed by atoms with Gasteiger partial charge in [0.2, 0.25) is 0 Å². The molecule has 1 aliphatic rings. The SMILES string of the molecule is Cc1ccc(C(=O)n2c(=S)[nH]c3sc4c(c3c2=O)CCCC4)cc1. The lowest BCUT2D eigenvalue weighted by molar-refractivity contribution is 0.0953. The van der Waals surface area contributed by atoms with Crippen LogP contribution < -0.4 is 5.56 Å². The van der Waals surface area contributed by atoms with Crippen molar-refractivity contribution in [3.8, 4) is 0 Å². The van der Waals surface area contributed by atoms with Crippen molar-refractivity contribution >= 4 is 39.7 Å². The molecule has 4 nitrogen and oxygen atoms in total. The van der Waals surface area contributed by atoms with Crippen molar-refractivity contribution in [1.82, 2.24) is 9.55 Å². The number of aryl methyl sites for hydroxylation is 3. The number of carbonyl (C=O) groups is 1. The second kappa shape index (κ2) is 5.79. The number of benzene rings is 1. The molecular weight excluding hydrogens is 340 g/mol. The van der Waals surface area contributed by atoms with E-state index in [-0.39, 0.29) is 16.2 Å². The number of thiophene rings is 1. The smallest absolute Gasteiger partial charge is 0.270 e. The molecule has 6 heteroatoms. The maximum atomic E-state index is 13.0. The molecule has 0 fully saturated rings. The summed E-state index contributed by atoms with van der Waals surface area (Å²) in [5.41, 5.74) is 2.33. The van der Waals surface area contributed by atoms with E-state index < -0.39 is 0 Å². The summed E-state index contributed by atoms with van der Waals surface area (Å²) in [4.78, 5) is 31.0. The third kappa shape index (κ3) is 2.37. The number of hydrogen-bond acceptors (Lipinski definition) is 4. The summed E-state index contributed by atoms with van der Waals surface area (Å²) in [7, 11) is 0. The molecule has 0 saturated heterocycles. The van der Waals surface area contributed by atoms with E-state index >= 15 is 0 Å². The zero-order valence-electron chi connectivity index (χ0n) is 13.2. The maximum Gasteiger partial charge on any atom is 0.270 e. The summed E-state index contributed by atoms with van der Waals surface area (Å²) in [6.07, 6.45) is 4.13. The minimum absolute atomic E-state index is 0.164. The Kier molecular flexibility index (Phi) is 3.73. The van der Waals surface area contributed by atoms with E-state index in [9.17, 15) is 9.59 Å². The average Bonchev–Trinajstić information content (AvgIpc) is 2.93. The molecule has 0 unspecified atom stereocenters. The third-order valence-corrected chi connectivity index (χ3v) is 6.01. The standard InChI is InChI=1S/C18H16N2O2S2/c1-10-6-8-11(9-7-10)16(21)20-17(22)14-12-4-2-3-5-13(12)24-15(14)19-18(20)23/h6-9H,2-5H2,1H3,(H,19,23). The number of nitrogens with zero attached hydrogens (tertiary/aromatic N) is 1. The molecule has 1 aromatic carbocycles. The number of aromatic nitrogens is 2. The quantitative estimate of drug-likeness (QED) is 0.671. The third-order valence-electron chi connectivity index (χ3n) is 4.51. The van der Waals surface area contributed by atoms with Gasteiger partial charge in [0.15, 0.2) is 4.77 Å². The van der Waals surface area contributed by atoms with Crippen molar-refractivity contribution < 1.29 is 4.79 Å². The first-order valence-electron chi connectivity index (χ1n) is 7.97. The molecule has 0 atom stereocenters. The van der Waals surface area contributed by atoms with E-state index in [0.29, 0.717) is 10.9 Å². The number of nitrogens with one attached hydrogen (secondary N) is 1. The minimum Gasteiger partial charge on any atom is -0.323 e. The van der Waals surface area contributed by atoms with Crippen molar-refractivity contribution in [1.29, 1.82) is 0 Å². The van der Waals surface area contributed by atoms with Gasteiger partial charge in [-0.1, -0.05) is 17.7 Å². The normalized spacial score (nSPS) is 13.9. The molecule has 0 saturated carbocycles. The molecule has 0 radical (unpaired) electrons. The van der Waals surface area contributed by atoms with Gasteiger partial charge in [-0.05, 0) is 62.5 Å². The first kappa shape index (κ1) is 15.5. The van der Waals surface area contributed by atoms with Gasteiger partial charge in [0, 0.05) is 10.4 Å². The molecule has 4 rings (SSSR count). The van der Waals surface area contributed by atoms with Crippen molar-refractivity contribution in [2.75, 3.05) is 0 Å². The molecule has 0 spiro atoms. The second-order valence-electron chi connectivity index (χ2n) is 6.16. The minimum atomic E-state index is -0.376. The van der Waals surface area contributed by atoms with Gasteiger partial charge in [-0.2, -0.15) is 0 Å². The Labute approximate surface area is 147 Å². The van der Waals surface area contributed by atoms with Crippen LogP contribution >= 0.6 is 23.6 Å². The number of aromatic amines is 1. The van der Waals surface area contributed by atoms with Crippen LogP contribution in [0.5, 0.6) is 0 Å². The molecule has 1 aliphatic carbocycles. The largest absolute Gasteiger partial charge is 0.323 e. The van der Waals surface area contributed by atoms with Crippen molar-refractivity contribution in [3.05, 3.63) is 61.0 Å². The first-order chi connectivity index (χ1) is 11.6. The highest BCUT2D eigenvalue weighted by Crippen LogP contribution is 2.33. The highest BCUT2D eigenvalue weighted by molar-refractivity contribution is 7.71. The van der Waals surface area contributed by atoms with Crippen LogP contribution in [0.15, 0.2) is 29.1 Å². The molecule has 3 aromatic rings. The lowest BCUT2D eigenvalue weighted by Gasteiger charge is -2.10. The van der Waals surface area contributed by atoms with Gasteiger partial charge in [0.25, 0.3) is 11.5 Å². The predicted octanol–water partition coefficient (Wildman–Crippen LogP) is 4.00. The summed E-state index contributed by atoms with van der Waals surface area (Å²) in [5.74, 6) is -0.376. The topological polar surface area (TPSA) is 54.9 Å². The molecule has 0 amide bonds. The van der Waals surface area contributed by atoms with Gasteiger partial charge in [-0.3, -0.25) is 9.59 Å². The monoisotopic (exact) mass is 356 g/mol. The Morgan fingerprint density at radius 3 is 2.67 bits per heavy atom. The van der Waals surface area contributed by atoms with E-state index in [0.717, 1.165) is 46.2 Å². The van der Waals surface area contributed by atoms with Crippen LogP contribution in [0.25, 0.3) is 10.2 Å². The zero-order valence-corrected chi connectivity index (χ0v) is 14.9. The fourth-order valence-corrected chi connectivity index (χ4v) is 4.86. The number of H-pyrrole nitrogens is 1. The lowest BCUT2D eigenvalue weighted by atomic mass is 9.97. The van der Waals surface area contributed by atoms with Crippen molar-refractivity contribution in [2.24, 2.45) is 0 Å². The van der Waals surface area contributed by atoms with Crippen molar-refractivity contribution in [2.45, 2.75) is 32.6 Å². The maximum absolute atomic E-state index is 13.0. The van der Waals surface area contributed by atoms with E-state index in [1.54, 1.807) is 23.5 Å². The molecule has 2 aromatic heterocycles. The molecule has 2 heterocycles. The molecular formula is C18H16N2O2S2. The molecule has 0 aliphatic heterocycles. The number of carbonyl (C=O) groups excluding carboxylic acids is 1. The number of hydrogen-bond donors (Lipinski definition) is 1.